The van der Waals surface area contributed by atoms with E-state index in [4.69, 9.17) is 10.00 Å². The molecule has 1 aromatic heterocycles. The Balaban J connectivity index is 1.56. The van der Waals surface area contributed by atoms with Crippen molar-refractivity contribution in [2.75, 3.05) is 31.1 Å². The number of nitrogens with zero attached hydrogens (tertiary/aromatic N) is 4. The van der Waals surface area contributed by atoms with Gasteiger partial charge in [0.2, 0.25) is 5.91 Å². The van der Waals surface area contributed by atoms with Gasteiger partial charge >= 0.3 is 6.09 Å². The third kappa shape index (κ3) is 4.48. The van der Waals surface area contributed by atoms with Crippen molar-refractivity contribution in [2.24, 2.45) is 5.92 Å². The molecule has 0 aromatic carbocycles. The van der Waals surface area contributed by atoms with E-state index in [0.717, 1.165) is 5.82 Å². The number of pyridine rings is 1. The van der Waals surface area contributed by atoms with E-state index in [9.17, 15) is 9.59 Å². The van der Waals surface area contributed by atoms with Crippen LogP contribution in [0.5, 0.6) is 0 Å². The minimum absolute atomic E-state index is 0.0866. The van der Waals surface area contributed by atoms with Gasteiger partial charge in [-0.1, -0.05) is 0 Å². The fourth-order valence-electron chi connectivity index (χ4n) is 3.55. The zero-order chi connectivity index (χ0) is 19.6. The van der Waals surface area contributed by atoms with Crippen LogP contribution in [-0.4, -0.2) is 59.7 Å². The molecule has 0 spiro atoms. The predicted molar refractivity (Wildman–Crippen MR) is 99.0 cm³/mol. The zero-order valence-corrected chi connectivity index (χ0v) is 15.9. The number of piperazine rings is 1. The van der Waals surface area contributed by atoms with E-state index in [1.165, 1.54) is 0 Å². The van der Waals surface area contributed by atoms with Gasteiger partial charge < -0.3 is 19.9 Å². The average Bonchev–Trinajstić information content (AvgIpc) is 2.94. The van der Waals surface area contributed by atoms with Crippen LogP contribution >= 0.6 is 0 Å². The third-order valence-electron chi connectivity index (χ3n) is 4.76. The van der Waals surface area contributed by atoms with Crippen molar-refractivity contribution in [3.63, 3.8) is 0 Å². The minimum atomic E-state index is -0.560. The fraction of sp³-hybridized carbons (Fsp3) is 0.579. The Morgan fingerprint density at radius 2 is 2.19 bits per heavy atom. The lowest BCUT2D eigenvalue weighted by atomic mass is 10.0. The van der Waals surface area contributed by atoms with E-state index in [1.807, 2.05) is 11.0 Å². The van der Waals surface area contributed by atoms with Gasteiger partial charge in [0.15, 0.2) is 0 Å². The normalized spacial score (nSPS) is 22.2. The first-order valence-corrected chi connectivity index (χ1v) is 9.15. The first-order chi connectivity index (χ1) is 12.8. The Morgan fingerprint density at radius 3 is 2.81 bits per heavy atom. The second kappa shape index (κ2) is 7.43. The molecule has 0 aliphatic carbocycles. The highest BCUT2D eigenvalue weighted by Gasteiger charge is 2.42. The molecule has 27 heavy (non-hydrogen) atoms. The minimum Gasteiger partial charge on any atom is -0.444 e. The molecule has 0 saturated carbocycles. The first-order valence-electron chi connectivity index (χ1n) is 9.15. The van der Waals surface area contributed by atoms with Crippen LogP contribution in [0.1, 0.15) is 32.8 Å². The summed E-state index contributed by atoms with van der Waals surface area (Å²) in [7, 11) is 0. The van der Waals surface area contributed by atoms with Crippen molar-refractivity contribution in [1.29, 1.82) is 5.26 Å². The summed E-state index contributed by atoms with van der Waals surface area (Å²) in [5.74, 6) is 0.677. The van der Waals surface area contributed by atoms with Crippen molar-refractivity contribution < 1.29 is 14.3 Å². The molecule has 2 aliphatic rings. The molecule has 2 atom stereocenters. The smallest absolute Gasteiger partial charge is 0.407 e. The molecule has 0 radical (unpaired) electrons. The monoisotopic (exact) mass is 371 g/mol. The van der Waals surface area contributed by atoms with Crippen molar-refractivity contribution in [3.8, 4) is 6.07 Å². The molecule has 0 unspecified atom stereocenters. The number of nitrogens with one attached hydrogen (secondary N) is 1. The number of aromatic nitrogens is 1. The van der Waals surface area contributed by atoms with Gasteiger partial charge in [-0.25, -0.2) is 9.78 Å². The van der Waals surface area contributed by atoms with Crippen LogP contribution in [-0.2, 0) is 9.53 Å². The Labute approximate surface area is 159 Å². The lowest BCUT2D eigenvalue weighted by Crippen LogP contribution is -2.52. The summed E-state index contributed by atoms with van der Waals surface area (Å²) in [6.45, 7) is 7.74. The summed E-state index contributed by atoms with van der Waals surface area (Å²) in [5.41, 5.74) is -0.0303. The van der Waals surface area contributed by atoms with Crippen molar-refractivity contribution in [2.45, 2.75) is 38.8 Å². The van der Waals surface area contributed by atoms with Gasteiger partial charge in [-0.05, 0) is 39.3 Å². The SMILES string of the molecule is CC(C)(C)OC(=O)NC[C@H]1C[C@H]2CN(c3ccc(C#N)cn3)CCN2C1=O. The predicted octanol–water partition coefficient (Wildman–Crippen LogP) is 1.52. The molecular weight excluding hydrogens is 346 g/mol. The number of carbonyl (C=O) groups is 2. The van der Waals surface area contributed by atoms with Gasteiger partial charge in [0, 0.05) is 32.4 Å². The lowest BCUT2D eigenvalue weighted by Gasteiger charge is -2.38. The second-order valence-corrected chi connectivity index (χ2v) is 7.96. The van der Waals surface area contributed by atoms with Crippen LogP contribution in [0, 0.1) is 17.2 Å². The number of fused-ring (bicyclic) bond motifs is 1. The van der Waals surface area contributed by atoms with Gasteiger partial charge in [0.1, 0.15) is 17.5 Å². The number of alkyl carbamates (subject to hydrolysis) is 1. The maximum absolute atomic E-state index is 12.6. The van der Waals surface area contributed by atoms with Gasteiger partial charge in [-0.2, -0.15) is 5.26 Å². The van der Waals surface area contributed by atoms with Crippen LogP contribution in [0.4, 0.5) is 10.6 Å². The zero-order valence-electron chi connectivity index (χ0n) is 15.9. The molecule has 2 amide bonds. The highest BCUT2D eigenvalue weighted by atomic mass is 16.6. The first kappa shape index (κ1) is 19.0. The standard InChI is InChI=1S/C19H25N5O3/c1-19(2,3)27-18(26)22-11-14-8-15-12-23(6-7-24(15)17(14)25)16-5-4-13(9-20)10-21-16/h4-5,10,14-15H,6-8,11-12H2,1-3H3,(H,22,26)/t14-,15+/m1/s1. The summed E-state index contributed by atoms with van der Waals surface area (Å²) in [5, 5.41) is 11.6. The van der Waals surface area contributed by atoms with Crippen molar-refractivity contribution in [1.82, 2.24) is 15.2 Å². The molecule has 1 N–H and O–H groups in total. The molecule has 2 fully saturated rings. The highest BCUT2D eigenvalue weighted by molar-refractivity contribution is 5.83. The number of nitriles is 1. The fourth-order valence-corrected chi connectivity index (χ4v) is 3.55. The molecule has 8 nitrogen and oxygen atoms in total. The Bertz CT molecular complexity index is 750. The number of carbonyl (C=O) groups excluding carboxylic acids is 2. The number of ether oxygens (including phenoxy) is 1. The molecule has 144 valence electrons. The van der Waals surface area contributed by atoms with Crippen LogP contribution < -0.4 is 10.2 Å². The lowest BCUT2D eigenvalue weighted by molar-refractivity contribution is -0.132. The van der Waals surface area contributed by atoms with Gasteiger partial charge in [-0.15, -0.1) is 0 Å². The third-order valence-corrected chi connectivity index (χ3v) is 4.76. The summed E-state index contributed by atoms with van der Waals surface area (Å²) >= 11 is 0. The molecular formula is C19H25N5O3. The Kier molecular flexibility index (Phi) is 5.22. The van der Waals surface area contributed by atoms with E-state index in [2.05, 4.69) is 21.3 Å². The largest absolute Gasteiger partial charge is 0.444 e. The number of anilines is 1. The average molecular weight is 371 g/mol. The van der Waals surface area contributed by atoms with E-state index < -0.39 is 11.7 Å². The second-order valence-electron chi connectivity index (χ2n) is 7.96. The van der Waals surface area contributed by atoms with E-state index >= 15 is 0 Å². The van der Waals surface area contributed by atoms with Gasteiger partial charge in [-0.3, -0.25) is 4.79 Å². The maximum atomic E-state index is 12.6. The number of rotatable bonds is 3. The summed E-state index contributed by atoms with van der Waals surface area (Å²) < 4.78 is 5.23. The molecule has 1 aromatic rings. The Hall–Kier alpha value is -2.82. The quantitative estimate of drug-likeness (QED) is 0.865. The van der Waals surface area contributed by atoms with E-state index in [-0.39, 0.29) is 24.4 Å². The van der Waals surface area contributed by atoms with Crippen molar-refractivity contribution in [3.05, 3.63) is 23.9 Å². The molecule has 2 aliphatic heterocycles. The van der Waals surface area contributed by atoms with Crippen LogP contribution in [0.3, 0.4) is 0 Å². The summed E-state index contributed by atoms with van der Waals surface area (Å²) in [4.78, 5) is 32.8. The molecule has 3 rings (SSSR count). The summed E-state index contributed by atoms with van der Waals surface area (Å²) in [6.07, 6.45) is 1.76. The van der Waals surface area contributed by atoms with Gasteiger partial charge in [0.25, 0.3) is 0 Å². The number of hydrogen-bond acceptors (Lipinski definition) is 6. The maximum Gasteiger partial charge on any atom is 0.407 e. The van der Waals surface area contributed by atoms with E-state index in [0.29, 0.717) is 31.6 Å². The van der Waals surface area contributed by atoms with Crippen molar-refractivity contribution >= 4 is 17.8 Å². The van der Waals surface area contributed by atoms with E-state index in [1.54, 1.807) is 33.0 Å². The molecule has 8 heteroatoms. The molecule has 2 saturated heterocycles. The molecule has 3 heterocycles. The Morgan fingerprint density at radius 1 is 1.41 bits per heavy atom. The number of amides is 2. The van der Waals surface area contributed by atoms with Crippen LogP contribution in [0.15, 0.2) is 18.3 Å². The number of hydrogen-bond donors (Lipinski definition) is 1. The highest BCUT2D eigenvalue weighted by Crippen LogP contribution is 2.29. The van der Waals surface area contributed by atoms with Crippen LogP contribution in [0.2, 0.25) is 0 Å². The van der Waals surface area contributed by atoms with Gasteiger partial charge in [0.05, 0.1) is 17.5 Å². The van der Waals surface area contributed by atoms with Crippen LogP contribution in [0.25, 0.3) is 0 Å². The molecule has 0 bridgehead atoms. The summed E-state index contributed by atoms with van der Waals surface area (Å²) in [6, 6.07) is 5.76. The topological polar surface area (TPSA) is 98.6 Å².